The molecule has 6 nitrogen and oxygen atoms in total. The van der Waals surface area contributed by atoms with Gasteiger partial charge in [0.15, 0.2) is 0 Å². The van der Waals surface area contributed by atoms with Crippen LogP contribution >= 0.6 is 0 Å². The highest BCUT2D eigenvalue weighted by molar-refractivity contribution is 6.05. The van der Waals surface area contributed by atoms with Crippen molar-refractivity contribution in [3.63, 3.8) is 0 Å². The highest BCUT2D eigenvalue weighted by atomic mass is 16.4. The Kier molecular flexibility index (Phi) is 3.15. The van der Waals surface area contributed by atoms with E-state index in [-0.39, 0.29) is 30.7 Å². The molecule has 94 valence electrons. The SMILES string of the molecule is CN1C(=O)CC(N(CCC(=O)O)C2CC2)C1=O. The summed E-state index contributed by atoms with van der Waals surface area (Å²) in [5, 5.41) is 8.69. The zero-order chi connectivity index (χ0) is 12.6. The smallest absolute Gasteiger partial charge is 0.304 e. The van der Waals surface area contributed by atoms with Crippen molar-refractivity contribution in [2.24, 2.45) is 0 Å². The number of imide groups is 1. The fourth-order valence-electron chi connectivity index (χ4n) is 2.22. The Morgan fingerprint density at radius 1 is 1.47 bits per heavy atom. The van der Waals surface area contributed by atoms with Crippen LogP contribution in [0.25, 0.3) is 0 Å². The zero-order valence-electron chi connectivity index (χ0n) is 9.76. The molecule has 1 saturated carbocycles. The summed E-state index contributed by atoms with van der Waals surface area (Å²) >= 11 is 0. The third-order valence-corrected chi connectivity index (χ3v) is 3.36. The average Bonchev–Trinajstić information content (AvgIpc) is 3.05. The number of aliphatic carboxylic acids is 1. The number of hydrogen-bond donors (Lipinski definition) is 1. The lowest BCUT2D eigenvalue weighted by Crippen LogP contribution is -2.43. The van der Waals surface area contributed by atoms with E-state index in [1.54, 1.807) is 0 Å². The van der Waals surface area contributed by atoms with E-state index in [2.05, 4.69) is 0 Å². The summed E-state index contributed by atoms with van der Waals surface area (Å²) in [7, 11) is 1.48. The number of hydrogen-bond acceptors (Lipinski definition) is 4. The van der Waals surface area contributed by atoms with Gasteiger partial charge in [-0.15, -0.1) is 0 Å². The first-order valence-electron chi connectivity index (χ1n) is 5.78. The summed E-state index contributed by atoms with van der Waals surface area (Å²) in [5.74, 6) is -1.26. The molecule has 2 rings (SSSR count). The monoisotopic (exact) mass is 240 g/mol. The Morgan fingerprint density at radius 2 is 2.12 bits per heavy atom. The van der Waals surface area contributed by atoms with Gasteiger partial charge in [0, 0.05) is 19.6 Å². The van der Waals surface area contributed by atoms with E-state index in [1.807, 2.05) is 4.90 Å². The van der Waals surface area contributed by atoms with Gasteiger partial charge >= 0.3 is 5.97 Å². The van der Waals surface area contributed by atoms with Crippen molar-refractivity contribution >= 4 is 17.8 Å². The number of amides is 2. The molecule has 0 aromatic rings. The predicted molar refractivity (Wildman–Crippen MR) is 58.2 cm³/mol. The summed E-state index contributed by atoms with van der Waals surface area (Å²) in [6.45, 7) is 0.345. The molecule has 1 unspecified atom stereocenters. The Balaban J connectivity index is 2.03. The van der Waals surface area contributed by atoms with Crippen molar-refractivity contribution in [1.29, 1.82) is 0 Å². The van der Waals surface area contributed by atoms with Crippen LogP contribution in [0.2, 0.25) is 0 Å². The topological polar surface area (TPSA) is 77.9 Å². The van der Waals surface area contributed by atoms with Crippen molar-refractivity contribution in [2.75, 3.05) is 13.6 Å². The van der Waals surface area contributed by atoms with Crippen molar-refractivity contribution in [3.05, 3.63) is 0 Å². The fourth-order valence-corrected chi connectivity index (χ4v) is 2.22. The molecule has 6 heteroatoms. The second-order valence-corrected chi connectivity index (χ2v) is 4.62. The molecule has 2 amide bonds. The summed E-state index contributed by atoms with van der Waals surface area (Å²) in [4.78, 5) is 36.9. The molecule has 17 heavy (non-hydrogen) atoms. The van der Waals surface area contributed by atoms with Crippen molar-refractivity contribution in [3.8, 4) is 0 Å². The quantitative estimate of drug-likeness (QED) is 0.666. The third-order valence-electron chi connectivity index (χ3n) is 3.36. The number of likely N-dealkylation sites (tertiary alicyclic amines) is 1. The lowest BCUT2D eigenvalue weighted by molar-refractivity contribution is -0.140. The van der Waals surface area contributed by atoms with Gasteiger partial charge in [0.2, 0.25) is 11.8 Å². The molecule has 1 N–H and O–H groups in total. The molecule has 0 aromatic heterocycles. The number of carboxylic acids is 1. The summed E-state index contributed by atoms with van der Waals surface area (Å²) in [6.07, 6.45) is 2.17. The van der Waals surface area contributed by atoms with Crippen molar-refractivity contribution in [1.82, 2.24) is 9.80 Å². The Labute approximate surface area is 99.2 Å². The third kappa shape index (κ3) is 2.46. The van der Waals surface area contributed by atoms with E-state index in [1.165, 1.54) is 7.05 Å². The van der Waals surface area contributed by atoms with Gasteiger partial charge in [-0.05, 0) is 12.8 Å². The van der Waals surface area contributed by atoms with Crippen LogP contribution in [0.15, 0.2) is 0 Å². The molecule has 1 atom stereocenters. The van der Waals surface area contributed by atoms with Crippen molar-refractivity contribution < 1.29 is 19.5 Å². The number of nitrogens with zero attached hydrogens (tertiary/aromatic N) is 2. The normalized spacial score (nSPS) is 24.8. The van der Waals surface area contributed by atoms with Gasteiger partial charge in [-0.1, -0.05) is 0 Å². The first-order valence-corrected chi connectivity index (χ1v) is 5.78. The molecule has 2 fully saturated rings. The summed E-state index contributed by atoms with van der Waals surface area (Å²) in [6, 6.07) is -0.165. The number of carboxylic acid groups (broad SMARTS) is 1. The molecule has 0 spiro atoms. The standard InChI is InChI=1S/C11H16N2O4/c1-12-9(14)6-8(11(12)17)13(7-2-3-7)5-4-10(15)16/h7-8H,2-6H2,1H3,(H,15,16). The van der Waals surface area contributed by atoms with Gasteiger partial charge in [0.05, 0.1) is 18.9 Å². The largest absolute Gasteiger partial charge is 0.481 e. The van der Waals surface area contributed by atoms with E-state index < -0.39 is 12.0 Å². The van der Waals surface area contributed by atoms with E-state index in [4.69, 9.17) is 5.11 Å². The maximum atomic E-state index is 11.9. The molecule has 1 saturated heterocycles. The van der Waals surface area contributed by atoms with Crippen LogP contribution < -0.4 is 0 Å². The summed E-state index contributed by atoms with van der Waals surface area (Å²) in [5.41, 5.74) is 0. The lowest BCUT2D eigenvalue weighted by Gasteiger charge is -2.26. The minimum atomic E-state index is -0.874. The van der Waals surface area contributed by atoms with E-state index in [0.717, 1.165) is 17.7 Å². The number of carbonyl (C=O) groups is 3. The van der Waals surface area contributed by atoms with E-state index >= 15 is 0 Å². The van der Waals surface area contributed by atoms with Crippen LogP contribution in [0, 0.1) is 0 Å². The molecule has 0 radical (unpaired) electrons. The maximum absolute atomic E-state index is 11.9. The van der Waals surface area contributed by atoms with Crippen LogP contribution in [0.3, 0.4) is 0 Å². The number of likely N-dealkylation sites (N-methyl/N-ethyl adjacent to an activating group) is 1. The number of carbonyl (C=O) groups excluding carboxylic acids is 2. The Hall–Kier alpha value is -1.43. The first kappa shape index (κ1) is 12.0. The van der Waals surface area contributed by atoms with Crippen LogP contribution in [0.4, 0.5) is 0 Å². The maximum Gasteiger partial charge on any atom is 0.304 e. The lowest BCUT2D eigenvalue weighted by atomic mass is 10.2. The van der Waals surface area contributed by atoms with Crippen LogP contribution in [-0.2, 0) is 14.4 Å². The molecular weight excluding hydrogens is 224 g/mol. The first-order chi connectivity index (χ1) is 8.00. The zero-order valence-corrected chi connectivity index (χ0v) is 9.76. The Bertz CT molecular complexity index is 364. The second kappa shape index (κ2) is 4.44. The number of rotatable bonds is 5. The van der Waals surface area contributed by atoms with Crippen LogP contribution in [0.1, 0.15) is 25.7 Å². The van der Waals surface area contributed by atoms with Gasteiger partial charge < -0.3 is 5.11 Å². The molecule has 1 aliphatic carbocycles. The highest BCUT2D eigenvalue weighted by Gasteiger charge is 2.44. The second-order valence-electron chi connectivity index (χ2n) is 4.62. The molecule has 0 aromatic carbocycles. The average molecular weight is 240 g/mol. The van der Waals surface area contributed by atoms with Crippen molar-refractivity contribution in [2.45, 2.75) is 37.8 Å². The summed E-state index contributed by atoms with van der Waals surface area (Å²) < 4.78 is 0. The van der Waals surface area contributed by atoms with Gasteiger partial charge in [0.25, 0.3) is 0 Å². The highest BCUT2D eigenvalue weighted by Crippen LogP contribution is 2.32. The van der Waals surface area contributed by atoms with Crippen LogP contribution in [0.5, 0.6) is 0 Å². The predicted octanol–water partition coefficient (Wildman–Crippen LogP) is -0.317. The van der Waals surface area contributed by atoms with E-state index in [0.29, 0.717) is 6.54 Å². The minimum Gasteiger partial charge on any atom is -0.481 e. The van der Waals surface area contributed by atoms with Gasteiger partial charge in [-0.3, -0.25) is 24.2 Å². The Morgan fingerprint density at radius 3 is 2.53 bits per heavy atom. The molecule has 1 aliphatic heterocycles. The van der Waals surface area contributed by atoms with Gasteiger partial charge in [0.1, 0.15) is 0 Å². The van der Waals surface area contributed by atoms with Gasteiger partial charge in [-0.2, -0.15) is 0 Å². The molecule has 0 bridgehead atoms. The molecule has 2 aliphatic rings. The van der Waals surface area contributed by atoms with Crippen LogP contribution in [-0.4, -0.2) is 58.4 Å². The van der Waals surface area contributed by atoms with E-state index in [9.17, 15) is 14.4 Å². The molecule has 1 heterocycles. The minimum absolute atomic E-state index is 0.0121. The fraction of sp³-hybridized carbons (Fsp3) is 0.727. The van der Waals surface area contributed by atoms with Gasteiger partial charge in [-0.25, -0.2) is 0 Å². The molecular formula is C11H16N2O4.